The number of thiophene rings is 1. The SMILES string of the molecule is Cc1nc(-c2csc(S(=O)(=O)N3CCCC(C(=O)NCc4ccco4)C3)c2)no1. The normalized spacial score (nSPS) is 18.0. The fourth-order valence-electron chi connectivity index (χ4n) is 3.22. The maximum Gasteiger partial charge on any atom is 0.252 e. The summed E-state index contributed by atoms with van der Waals surface area (Å²) in [7, 11) is -3.70. The summed E-state index contributed by atoms with van der Waals surface area (Å²) in [6.07, 6.45) is 2.82. The standard InChI is InChI=1S/C18H20N4O5S2/c1-12-20-17(21-27-12)14-8-16(28-11-14)29(24,25)22-6-2-4-13(10-22)18(23)19-9-15-5-3-7-26-15/h3,5,7-8,11,13H,2,4,6,9-10H2,1H3,(H,19,23). The molecule has 4 rings (SSSR count). The van der Waals surface area contributed by atoms with E-state index in [0.717, 1.165) is 11.3 Å². The number of rotatable bonds is 6. The third-order valence-electron chi connectivity index (χ3n) is 4.73. The third kappa shape index (κ3) is 4.26. The first-order chi connectivity index (χ1) is 13.9. The zero-order valence-electron chi connectivity index (χ0n) is 15.7. The summed E-state index contributed by atoms with van der Waals surface area (Å²) in [6, 6.07) is 5.07. The molecule has 1 aliphatic heterocycles. The van der Waals surface area contributed by atoms with Crippen molar-refractivity contribution in [2.75, 3.05) is 13.1 Å². The number of piperidine rings is 1. The Morgan fingerprint density at radius 3 is 3.03 bits per heavy atom. The van der Waals surface area contributed by atoms with Crippen molar-refractivity contribution in [1.29, 1.82) is 0 Å². The maximum absolute atomic E-state index is 13.1. The molecule has 0 saturated carbocycles. The van der Waals surface area contributed by atoms with Gasteiger partial charge in [-0.1, -0.05) is 5.16 Å². The summed E-state index contributed by atoms with van der Waals surface area (Å²) in [5.74, 6) is 0.855. The number of hydrogen-bond donors (Lipinski definition) is 1. The molecule has 0 aromatic carbocycles. The predicted octanol–water partition coefficient (Wildman–Crippen LogP) is 2.42. The fraction of sp³-hybridized carbons (Fsp3) is 0.389. The van der Waals surface area contributed by atoms with E-state index < -0.39 is 15.9 Å². The number of carbonyl (C=O) groups is 1. The number of aromatic nitrogens is 2. The second kappa shape index (κ2) is 8.09. The number of aryl methyl sites for hydroxylation is 1. The smallest absolute Gasteiger partial charge is 0.252 e. The average molecular weight is 437 g/mol. The van der Waals surface area contributed by atoms with E-state index in [2.05, 4.69) is 15.5 Å². The Labute approximate surface area is 171 Å². The van der Waals surface area contributed by atoms with Gasteiger partial charge in [0.1, 0.15) is 9.97 Å². The molecule has 1 amide bonds. The molecule has 1 fully saturated rings. The van der Waals surface area contributed by atoms with Crippen molar-refractivity contribution in [3.63, 3.8) is 0 Å². The van der Waals surface area contributed by atoms with Gasteiger partial charge < -0.3 is 14.3 Å². The van der Waals surface area contributed by atoms with Crippen LogP contribution in [0.2, 0.25) is 0 Å². The Bertz CT molecular complexity index is 1090. The van der Waals surface area contributed by atoms with Crippen molar-refractivity contribution in [3.8, 4) is 11.4 Å². The Kier molecular flexibility index (Phi) is 5.52. The van der Waals surface area contributed by atoms with E-state index in [0.29, 0.717) is 42.4 Å². The zero-order chi connectivity index (χ0) is 20.4. The first kappa shape index (κ1) is 19.8. The average Bonchev–Trinajstić information content (AvgIpc) is 3.47. The lowest BCUT2D eigenvalue weighted by Gasteiger charge is -2.30. The van der Waals surface area contributed by atoms with Crippen LogP contribution in [0, 0.1) is 12.8 Å². The third-order valence-corrected chi connectivity index (χ3v) is 8.01. The quantitative estimate of drug-likeness (QED) is 0.630. The number of nitrogens with zero attached hydrogens (tertiary/aromatic N) is 3. The molecule has 1 unspecified atom stereocenters. The highest BCUT2D eigenvalue weighted by molar-refractivity contribution is 7.91. The Morgan fingerprint density at radius 1 is 1.45 bits per heavy atom. The van der Waals surface area contributed by atoms with Crippen molar-refractivity contribution in [2.45, 2.75) is 30.5 Å². The number of sulfonamides is 1. The van der Waals surface area contributed by atoms with Crippen LogP contribution in [0.25, 0.3) is 11.4 Å². The molecule has 154 valence electrons. The predicted molar refractivity (Wildman–Crippen MR) is 104 cm³/mol. The zero-order valence-corrected chi connectivity index (χ0v) is 17.3. The van der Waals surface area contributed by atoms with Crippen LogP contribution in [0.4, 0.5) is 0 Å². The van der Waals surface area contributed by atoms with Crippen molar-refractivity contribution in [1.82, 2.24) is 19.8 Å². The summed E-state index contributed by atoms with van der Waals surface area (Å²) < 4.78 is 37.9. The summed E-state index contributed by atoms with van der Waals surface area (Å²) in [4.78, 5) is 16.6. The van der Waals surface area contributed by atoms with Gasteiger partial charge in [0.25, 0.3) is 10.0 Å². The van der Waals surface area contributed by atoms with Gasteiger partial charge in [-0.05, 0) is 31.0 Å². The molecule has 9 nitrogen and oxygen atoms in total. The van der Waals surface area contributed by atoms with Gasteiger partial charge in [0, 0.05) is 31.0 Å². The van der Waals surface area contributed by atoms with Crippen LogP contribution < -0.4 is 5.32 Å². The molecular formula is C18H20N4O5S2. The van der Waals surface area contributed by atoms with E-state index >= 15 is 0 Å². The highest BCUT2D eigenvalue weighted by atomic mass is 32.2. The van der Waals surface area contributed by atoms with E-state index in [-0.39, 0.29) is 23.2 Å². The number of amides is 1. The van der Waals surface area contributed by atoms with Crippen LogP contribution in [0.5, 0.6) is 0 Å². The molecule has 1 aliphatic rings. The lowest BCUT2D eigenvalue weighted by molar-refractivity contribution is -0.126. The molecule has 3 aromatic rings. The molecule has 3 aromatic heterocycles. The number of furan rings is 1. The molecule has 1 saturated heterocycles. The lowest BCUT2D eigenvalue weighted by atomic mass is 9.99. The molecule has 0 bridgehead atoms. The molecule has 0 radical (unpaired) electrons. The molecule has 4 heterocycles. The van der Waals surface area contributed by atoms with Crippen LogP contribution in [0.3, 0.4) is 0 Å². The second-order valence-electron chi connectivity index (χ2n) is 6.79. The van der Waals surface area contributed by atoms with E-state index in [9.17, 15) is 13.2 Å². The van der Waals surface area contributed by atoms with Gasteiger partial charge in [-0.25, -0.2) is 8.42 Å². The molecule has 1 atom stereocenters. The molecule has 1 N–H and O–H groups in total. The summed E-state index contributed by atoms with van der Waals surface area (Å²) in [6.45, 7) is 2.50. The largest absolute Gasteiger partial charge is 0.467 e. The summed E-state index contributed by atoms with van der Waals surface area (Å²) >= 11 is 1.11. The van der Waals surface area contributed by atoms with Gasteiger partial charge in [-0.15, -0.1) is 11.3 Å². The van der Waals surface area contributed by atoms with Crippen molar-refractivity contribution in [2.24, 2.45) is 5.92 Å². The van der Waals surface area contributed by atoms with E-state index in [1.165, 1.54) is 4.31 Å². The minimum absolute atomic E-state index is 0.154. The van der Waals surface area contributed by atoms with Gasteiger partial charge >= 0.3 is 0 Å². The molecule has 29 heavy (non-hydrogen) atoms. The highest BCUT2D eigenvalue weighted by Gasteiger charge is 2.34. The minimum Gasteiger partial charge on any atom is -0.467 e. The molecular weight excluding hydrogens is 416 g/mol. The maximum atomic E-state index is 13.1. The van der Waals surface area contributed by atoms with E-state index in [1.807, 2.05) is 0 Å². The Morgan fingerprint density at radius 2 is 2.31 bits per heavy atom. The van der Waals surface area contributed by atoms with E-state index in [4.69, 9.17) is 8.94 Å². The van der Waals surface area contributed by atoms with E-state index in [1.54, 1.807) is 36.8 Å². The number of hydrogen-bond acceptors (Lipinski definition) is 8. The topological polar surface area (TPSA) is 119 Å². The molecule has 0 aliphatic carbocycles. The fourth-order valence-corrected chi connectivity index (χ4v) is 6.05. The van der Waals surface area contributed by atoms with Crippen LogP contribution in [0.1, 0.15) is 24.5 Å². The first-order valence-corrected chi connectivity index (χ1v) is 11.4. The van der Waals surface area contributed by atoms with Crippen molar-refractivity contribution >= 4 is 27.3 Å². The minimum atomic E-state index is -3.70. The van der Waals surface area contributed by atoms with Crippen LogP contribution >= 0.6 is 11.3 Å². The van der Waals surface area contributed by atoms with Crippen LogP contribution in [-0.2, 0) is 21.4 Å². The van der Waals surface area contributed by atoms with Gasteiger partial charge in [0.05, 0.1) is 18.7 Å². The number of carbonyl (C=O) groups excluding carboxylic acids is 1. The number of nitrogens with one attached hydrogen (secondary N) is 1. The van der Waals surface area contributed by atoms with Gasteiger partial charge in [-0.3, -0.25) is 4.79 Å². The second-order valence-corrected chi connectivity index (χ2v) is 9.87. The van der Waals surface area contributed by atoms with Crippen molar-refractivity contribution in [3.05, 3.63) is 41.5 Å². The summed E-state index contributed by atoms with van der Waals surface area (Å²) in [5, 5.41) is 8.33. The molecule has 0 spiro atoms. The van der Waals surface area contributed by atoms with Gasteiger partial charge in [0.2, 0.25) is 17.6 Å². The van der Waals surface area contributed by atoms with Gasteiger partial charge in [0.15, 0.2) is 0 Å². The Hall–Kier alpha value is -2.50. The first-order valence-electron chi connectivity index (χ1n) is 9.13. The Balaban J connectivity index is 1.44. The van der Waals surface area contributed by atoms with Crippen LogP contribution in [0.15, 0.2) is 43.0 Å². The monoisotopic (exact) mass is 436 g/mol. The van der Waals surface area contributed by atoms with Gasteiger partial charge in [-0.2, -0.15) is 9.29 Å². The highest BCUT2D eigenvalue weighted by Crippen LogP contribution is 2.31. The molecule has 11 heteroatoms. The van der Waals surface area contributed by atoms with Crippen molar-refractivity contribution < 1.29 is 22.2 Å². The van der Waals surface area contributed by atoms with Crippen LogP contribution in [-0.4, -0.2) is 41.9 Å². The summed E-state index contributed by atoms with van der Waals surface area (Å²) in [5.41, 5.74) is 0.593. The lowest BCUT2D eigenvalue weighted by Crippen LogP contribution is -2.45.